The van der Waals surface area contributed by atoms with E-state index < -0.39 is 0 Å². The van der Waals surface area contributed by atoms with Crippen molar-refractivity contribution in [1.82, 2.24) is 19.5 Å². The topological polar surface area (TPSA) is 73.8 Å². The Morgan fingerprint density at radius 3 is 2.47 bits per heavy atom. The van der Waals surface area contributed by atoms with E-state index in [4.69, 9.17) is 4.42 Å². The van der Waals surface area contributed by atoms with Crippen LogP contribution in [0.3, 0.4) is 0 Å². The molecule has 3 heterocycles. The summed E-state index contributed by atoms with van der Waals surface area (Å²) in [4.78, 5) is 26.5. The number of benzene rings is 2. The molecule has 0 atom stereocenters. The Hall–Kier alpha value is -3.71. The van der Waals surface area contributed by atoms with Crippen molar-refractivity contribution >= 4 is 22.8 Å². The van der Waals surface area contributed by atoms with Crippen molar-refractivity contribution in [3.05, 3.63) is 101 Å². The average molecular weight is 412 g/mol. The summed E-state index contributed by atoms with van der Waals surface area (Å²) in [5.74, 6) is 1.76. The molecule has 30 heavy (non-hydrogen) atoms. The first-order valence-corrected chi connectivity index (χ1v) is 10.3. The lowest BCUT2D eigenvalue weighted by Crippen LogP contribution is -2.22. The summed E-state index contributed by atoms with van der Waals surface area (Å²) in [7, 11) is 0. The minimum atomic E-state index is -0.149. The molecule has 0 N–H and O–H groups in total. The first-order valence-electron chi connectivity index (χ1n) is 9.36. The average Bonchev–Trinajstić information content (AvgIpc) is 3.28. The number of pyridine rings is 1. The van der Waals surface area contributed by atoms with Gasteiger partial charge in [-0.3, -0.25) is 9.36 Å². The highest BCUT2D eigenvalue weighted by molar-refractivity contribution is 7.98. The molecule has 0 aliphatic heterocycles. The lowest BCUT2D eigenvalue weighted by atomic mass is 10.2. The van der Waals surface area contributed by atoms with Crippen molar-refractivity contribution in [2.75, 3.05) is 0 Å². The van der Waals surface area contributed by atoms with Gasteiger partial charge in [0.25, 0.3) is 5.56 Å². The van der Waals surface area contributed by atoms with Gasteiger partial charge < -0.3 is 4.42 Å². The SMILES string of the molecule is O=c1c2cccnc2nc(SCc2cnc(-c3ccccc3)o2)n1-c1ccccc1. The lowest BCUT2D eigenvalue weighted by Gasteiger charge is -2.12. The van der Waals surface area contributed by atoms with Crippen molar-refractivity contribution < 1.29 is 4.42 Å². The van der Waals surface area contributed by atoms with Crippen LogP contribution in [0, 0.1) is 0 Å². The summed E-state index contributed by atoms with van der Waals surface area (Å²) < 4.78 is 7.51. The zero-order valence-corrected chi connectivity index (χ0v) is 16.6. The first kappa shape index (κ1) is 18.3. The number of nitrogens with zero attached hydrogens (tertiary/aromatic N) is 4. The third-order valence-corrected chi connectivity index (χ3v) is 5.51. The van der Waals surface area contributed by atoms with Gasteiger partial charge in [-0.1, -0.05) is 48.2 Å². The van der Waals surface area contributed by atoms with Crippen LogP contribution in [0.25, 0.3) is 28.2 Å². The van der Waals surface area contributed by atoms with Gasteiger partial charge in [0.05, 0.1) is 23.0 Å². The molecule has 3 aromatic heterocycles. The molecule has 0 bridgehead atoms. The van der Waals surface area contributed by atoms with E-state index in [9.17, 15) is 4.79 Å². The maximum Gasteiger partial charge on any atom is 0.268 e. The predicted molar refractivity (Wildman–Crippen MR) is 117 cm³/mol. The third kappa shape index (κ3) is 3.51. The molecule has 5 aromatic rings. The molecule has 0 aliphatic rings. The molecule has 0 spiro atoms. The molecule has 0 saturated heterocycles. The van der Waals surface area contributed by atoms with E-state index >= 15 is 0 Å². The summed E-state index contributed by atoms with van der Waals surface area (Å²) in [5, 5.41) is 1.03. The number of oxazole rings is 1. The van der Waals surface area contributed by atoms with Gasteiger partial charge in [0.15, 0.2) is 10.8 Å². The highest BCUT2D eigenvalue weighted by atomic mass is 32.2. The quantitative estimate of drug-likeness (QED) is 0.307. The van der Waals surface area contributed by atoms with Gasteiger partial charge in [-0.15, -0.1) is 0 Å². The molecule has 6 nitrogen and oxygen atoms in total. The Balaban J connectivity index is 1.51. The van der Waals surface area contributed by atoms with Gasteiger partial charge in [0.2, 0.25) is 5.89 Å². The highest BCUT2D eigenvalue weighted by Crippen LogP contribution is 2.26. The molecule has 0 radical (unpaired) electrons. The zero-order valence-electron chi connectivity index (χ0n) is 15.8. The van der Waals surface area contributed by atoms with Crippen molar-refractivity contribution in [2.24, 2.45) is 0 Å². The summed E-state index contributed by atoms with van der Waals surface area (Å²) in [6.07, 6.45) is 3.35. The van der Waals surface area contributed by atoms with E-state index in [1.165, 1.54) is 11.8 Å². The second kappa shape index (κ2) is 7.96. The van der Waals surface area contributed by atoms with Gasteiger partial charge in [-0.05, 0) is 36.4 Å². The van der Waals surface area contributed by atoms with Gasteiger partial charge >= 0.3 is 0 Å². The highest BCUT2D eigenvalue weighted by Gasteiger charge is 2.15. The van der Waals surface area contributed by atoms with E-state index in [0.717, 1.165) is 11.3 Å². The molecule has 2 aromatic carbocycles. The van der Waals surface area contributed by atoms with Crippen LogP contribution in [0.2, 0.25) is 0 Å². The maximum absolute atomic E-state index is 13.2. The first-order chi connectivity index (χ1) is 14.8. The lowest BCUT2D eigenvalue weighted by molar-refractivity contribution is 0.538. The van der Waals surface area contributed by atoms with Gasteiger partial charge in [-0.25, -0.2) is 15.0 Å². The predicted octanol–water partition coefficient (Wildman–Crippen LogP) is 4.73. The van der Waals surface area contributed by atoms with Crippen LogP contribution in [0.5, 0.6) is 0 Å². The summed E-state index contributed by atoms with van der Waals surface area (Å²) in [6, 6.07) is 22.7. The Morgan fingerprint density at radius 1 is 0.900 bits per heavy atom. The fraction of sp³-hybridized carbons (Fsp3) is 0.0435. The molecule has 0 saturated carbocycles. The number of fused-ring (bicyclic) bond motifs is 1. The standard InChI is InChI=1S/C23H16N4O2S/c28-22-19-12-7-13-24-20(19)26-23(27(22)17-10-5-2-6-11-17)30-15-18-14-25-21(29-18)16-8-3-1-4-9-16/h1-14H,15H2. The fourth-order valence-electron chi connectivity index (χ4n) is 3.13. The van der Waals surface area contributed by atoms with Crippen LogP contribution in [-0.4, -0.2) is 19.5 Å². The second-order valence-corrected chi connectivity index (χ2v) is 7.47. The summed E-state index contributed by atoms with van der Waals surface area (Å²) in [5.41, 5.74) is 1.96. The maximum atomic E-state index is 13.2. The van der Waals surface area contributed by atoms with Crippen LogP contribution in [0.15, 0.2) is 99.6 Å². The Kier molecular flexibility index (Phi) is 4.86. The zero-order chi connectivity index (χ0) is 20.3. The fourth-order valence-corrected chi connectivity index (χ4v) is 4.00. The monoisotopic (exact) mass is 412 g/mol. The summed E-state index contributed by atoms with van der Waals surface area (Å²) in [6.45, 7) is 0. The molecular formula is C23H16N4O2S. The van der Waals surface area contributed by atoms with Crippen LogP contribution >= 0.6 is 11.8 Å². The minimum Gasteiger partial charge on any atom is -0.440 e. The van der Waals surface area contributed by atoms with E-state index in [-0.39, 0.29) is 5.56 Å². The van der Waals surface area contributed by atoms with Crippen molar-refractivity contribution in [2.45, 2.75) is 10.9 Å². The molecular weight excluding hydrogens is 396 g/mol. The Bertz CT molecular complexity index is 1360. The molecule has 0 aliphatic carbocycles. The van der Waals surface area contributed by atoms with E-state index in [2.05, 4.69) is 15.0 Å². The Morgan fingerprint density at radius 2 is 1.67 bits per heavy atom. The number of rotatable bonds is 5. The molecule has 5 rings (SSSR count). The molecule has 0 unspecified atom stereocenters. The van der Waals surface area contributed by atoms with Crippen molar-refractivity contribution in [1.29, 1.82) is 0 Å². The van der Waals surface area contributed by atoms with E-state index in [1.54, 1.807) is 29.1 Å². The van der Waals surface area contributed by atoms with Crippen LogP contribution in [0.1, 0.15) is 5.76 Å². The van der Waals surface area contributed by atoms with Crippen molar-refractivity contribution in [3.63, 3.8) is 0 Å². The van der Waals surface area contributed by atoms with Crippen molar-refractivity contribution in [3.8, 4) is 17.1 Å². The van der Waals surface area contributed by atoms with Gasteiger partial charge in [-0.2, -0.15) is 0 Å². The molecule has 146 valence electrons. The van der Waals surface area contributed by atoms with Crippen LogP contribution in [-0.2, 0) is 5.75 Å². The number of aromatic nitrogens is 4. The Labute approximate surface area is 176 Å². The van der Waals surface area contributed by atoms with E-state index in [0.29, 0.717) is 33.6 Å². The molecule has 0 amide bonds. The van der Waals surface area contributed by atoms with E-state index in [1.807, 2.05) is 60.7 Å². The number of hydrogen-bond donors (Lipinski definition) is 0. The number of para-hydroxylation sites is 1. The minimum absolute atomic E-state index is 0.149. The van der Waals surface area contributed by atoms with Crippen LogP contribution < -0.4 is 5.56 Å². The van der Waals surface area contributed by atoms with Gasteiger partial charge in [0, 0.05) is 11.8 Å². The summed E-state index contributed by atoms with van der Waals surface area (Å²) >= 11 is 1.41. The third-order valence-electron chi connectivity index (χ3n) is 4.55. The van der Waals surface area contributed by atoms with Gasteiger partial charge in [0.1, 0.15) is 5.76 Å². The normalized spacial score (nSPS) is 11.1. The largest absolute Gasteiger partial charge is 0.440 e. The number of thioether (sulfide) groups is 1. The molecule has 0 fully saturated rings. The number of hydrogen-bond acceptors (Lipinski definition) is 6. The molecule has 7 heteroatoms. The second-order valence-electron chi connectivity index (χ2n) is 6.53. The smallest absolute Gasteiger partial charge is 0.268 e. The van der Waals surface area contributed by atoms with Crippen LogP contribution in [0.4, 0.5) is 0 Å².